The third kappa shape index (κ3) is 1.85. The molecule has 0 aromatic carbocycles. The van der Waals surface area contributed by atoms with Crippen molar-refractivity contribution >= 4 is 11.9 Å². The van der Waals surface area contributed by atoms with Gasteiger partial charge in [0, 0.05) is 12.3 Å². The molecular formula is C11H16O4. The predicted molar refractivity (Wildman–Crippen MR) is 52.1 cm³/mol. The van der Waals surface area contributed by atoms with Crippen LogP contribution in [0.15, 0.2) is 0 Å². The second-order valence-corrected chi connectivity index (χ2v) is 4.56. The number of carboxylic acid groups (broad SMARTS) is 1. The van der Waals surface area contributed by atoms with Crippen LogP contribution in [0, 0.1) is 17.8 Å². The Morgan fingerprint density at radius 2 is 2.07 bits per heavy atom. The van der Waals surface area contributed by atoms with E-state index in [9.17, 15) is 9.59 Å². The lowest BCUT2D eigenvalue weighted by Gasteiger charge is -2.26. The molecule has 4 atom stereocenters. The van der Waals surface area contributed by atoms with Crippen LogP contribution in [0.1, 0.15) is 32.6 Å². The van der Waals surface area contributed by atoms with Crippen molar-refractivity contribution in [2.24, 2.45) is 17.8 Å². The van der Waals surface area contributed by atoms with Crippen molar-refractivity contribution in [2.45, 2.75) is 38.7 Å². The van der Waals surface area contributed by atoms with Gasteiger partial charge in [-0.1, -0.05) is 6.92 Å². The number of aliphatic carboxylic acids is 1. The largest absolute Gasteiger partial charge is 0.481 e. The number of hydrogen-bond acceptors (Lipinski definition) is 3. The highest BCUT2D eigenvalue weighted by molar-refractivity contribution is 5.72. The standard InChI is InChI=1S/C11H16O4/c1-2-10(12)15-9-5-6-3-7(9)8(4-6)11(13)14/h6-9H,2-5H2,1H3,(H,13,14). The van der Waals surface area contributed by atoms with Gasteiger partial charge in [-0.05, 0) is 25.2 Å². The molecule has 2 fully saturated rings. The van der Waals surface area contributed by atoms with Crippen LogP contribution in [0.25, 0.3) is 0 Å². The van der Waals surface area contributed by atoms with Gasteiger partial charge in [0.25, 0.3) is 0 Å². The maximum atomic E-state index is 11.2. The lowest BCUT2D eigenvalue weighted by atomic mass is 9.87. The number of carboxylic acids is 1. The van der Waals surface area contributed by atoms with Crippen molar-refractivity contribution in [3.05, 3.63) is 0 Å². The van der Waals surface area contributed by atoms with Gasteiger partial charge in [0.15, 0.2) is 0 Å². The molecular weight excluding hydrogens is 196 g/mol. The Morgan fingerprint density at radius 1 is 1.33 bits per heavy atom. The highest BCUT2D eigenvalue weighted by atomic mass is 16.5. The maximum Gasteiger partial charge on any atom is 0.306 e. The van der Waals surface area contributed by atoms with Crippen LogP contribution >= 0.6 is 0 Å². The summed E-state index contributed by atoms with van der Waals surface area (Å²) in [6, 6.07) is 0. The minimum Gasteiger partial charge on any atom is -0.481 e. The Labute approximate surface area is 88.6 Å². The number of ether oxygens (including phenoxy) is 1. The molecule has 2 bridgehead atoms. The molecule has 4 nitrogen and oxygen atoms in total. The zero-order valence-corrected chi connectivity index (χ0v) is 8.81. The Morgan fingerprint density at radius 3 is 2.60 bits per heavy atom. The van der Waals surface area contributed by atoms with Crippen LogP contribution in [0.4, 0.5) is 0 Å². The zero-order valence-electron chi connectivity index (χ0n) is 8.81. The summed E-state index contributed by atoms with van der Waals surface area (Å²) in [7, 11) is 0. The van der Waals surface area contributed by atoms with Gasteiger partial charge < -0.3 is 9.84 Å². The first-order valence-corrected chi connectivity index (χ1v) is 5.54. The minimum absolute atomic E-state index is 0.0583. The third-order valence-corrected chi connectivity index (χ3v) is 3.64. The maximum absolute atomic E-state index is 11.2. The van der Waals surface area contributed by atoms with Crippen LogP contribution in [-0.2, 0) is 14.3 Å². The first-order chi connectivity index (χ1) is 7.11. The predicted octanol–water partition coefficient (Wildman–Crippen LogP) is 1.44. The Hall–Kier alpha value is -1.06. The van der Waals surface area contributed by atoms with Crippen molar-refractivity contribution in [3.63, 3.8) is 0 Å². The van der Waals surface area contributed by atoms with E-state index in [1.165, 1.54) is 0 Å². The van der Waals surface area contributed by atoms with E-state index in [1.807, 2.05) is 0 Å². The number of hydrogen-bond donors (Lipinski definition) is 1. The van der Waals surface area contributed by atoms with E-state index in [2.05, 4.69) is 0 Å². The van der Waals surface area contributed by atoms with Gasteiger partial charge >= 0.3 is 11.9 Å². The topological polar surface area (TPSA) is 63.6 Å². The lowest BCUT2D eigenvalue weighted by Crippen LogP contribution is -2.33. The first kappa shape index (κ1) is 10.5. The molecule has 0 spiro atoms. The summed E-state index contributed by atoms with van der Waals surface area (Å²) in [5.74, 6) is -0.733. The fourth-order valence-electron chi connectivity index (χ4n) is 2.96. The average Bonchev–Trinajstić information content (AvgIpc) is 2.76. The molecule has 0 amide bonds. The SMILES string of the molecule is CCC(=O)OC1CC2CC(C(=O)O)C1C2. The zero-order chi connectivity index (χ0) is 11.0. The van der Waals surface area contributed by atoms with Crippen LogP contribution < -0.4 is 0 Å². The van der Waals surface area contributed by atoms with E-state index >= 15 is 0 Å². The summed E-state index contributed by atoms with van der Waals surface area (Å²) in [4.78, 5) is 22.1. The van der Waals surface area contributed by atoms with Gasteiger partial charge in [-0.3, -0.25) is 9.59 Å². The van der Waals surface area contributed by atoms with E-state index in [-0.39, 0.29) is 23.9 Å². The van der Waals surface area contributed by atoms with Crippen LogP contribution in [-0.4, -0.2) is 23.1 Å². The number of carbonyl (C=O) groups excluding carboxylic acids is 1. The molecule has 0 aliphatic heterocycles. The molecule has 0 heterocycles. The van der Waals surface area contributed by atoms with Crippen molar-refractivity contribution in [3.8, 4) is 0 Å². The second-order valence-electron chi connectivity index (χ2n) is 4.56. The molecule has 0 saturated heterocycles. The second kappa shape index (κ2) is 3.83. The van der Waals surface area contributed by atoms with Gasteiger partial charge in [0.1, 0.15) is 6.10 Å². The molecule has 2 rings (SSSR count). The molecule has 2 aliphatic rings. The average molecular weight is 212 g/mol. The molecule has 2 saturated carbocycles. The summed E-state index contributed by atoms with van der Waals surface area (Å²) in [5.41, 5.74) is 0. The molecule has 0 aromatic rings. The van der Waals surface area contributed by atoms with Gasteiger partial charge in [-0.15, -0.1) is 0 Å². The van der Waals surface area contributed by atoms with Gasteiger partial charge in [-0.25, -0.2) is 0 Å². The molecule has 2 aliphatic carbocycles. The molecule has 0 radical (unpaired) electrons. The monoisotopic (exact) mass is 212 g/mol. The van der Waals surface area contributed by atoms with Crippen LogP contribution in [0.3, 0.4) is 0 Å². The quantitative estimate of drug-likeness (QED) is 0.719. The van der Waals surface area contributed by atoms with Crippen LogP contribution in [0.5, 0.6) is 0 Å². The van der Waals surface area contributed by atoms with Crippen molar-refractivity contribution < 1.29 is 19.4 Å². The van der Waals surface area contributed by atoms with Crippen molar-refractivity contribution in [1.29, 1.82) is 0 Å². The molecule has 15 heavy (non-hydrogen) atoms. The highest BCUT2D eigenvalue weighted by Gasteiger charge is 2.50. The number of carbonyl (C=O) groups is 2. The minimum atomic E-state index is -0.736. The third-order valence-electron chi connectivity index (χ3n) is 3.64. The highest BCUT2D eigenvalue weighted by Crippen LogP contribution is 2.49. The molecule has 84 valence electrons. The summed E-state index contributed by atoms with van der Waals surface area (Å²) in [5, 5.41) is 9.00. The summed E-state index contributed by atoms with van der Waals surface area (Å²) >= 11 is 0. The van der Waals surface area contributed by atoms with Crippen molar-refractivity contribution in [1.82, 2.24) is 0 Å². The lowest BCUT2D eigenvalue weighted by molar-refractivity contribution is -0.157. The first-order valence-electron chi connectivity index (χ1n) is 5.54. The fourth-order valence-corrected chi connectivity index (χ4v) is 2.96. The van der Waals surface area contributed by atoms with E-state index in [1.54, 1.807) is 6.92 Å². The van der Waals surface area contributed by atoms with Gasteiger partial charge in [0.2, 0.25) is 0 Å². The van der Waals surface area contributed by atoms with E-state index in [0.29, 0.717) is 12.3 Å². The number of rotatable bonds is 3. The van der Waals surface area contributed by atoms with Gasteiger partial charge in [0.05, 0.1) is 5.92 Å². The number of fused-ring (bicyclic) bond motifs is 2. The van der Waals surface area contributed by atoms with Gasteiger partial charge in [-0.2, -0.15) is 0 Å². The fraction of sp³-hybridized carbons (Fsp3) is 0.818. The summed E-state index contributed by atoms with van der Waals surface area (Å²) in [6.07, 6.45) is 2.77. The molecule has 4 heteroatoms. The van der Waals surface area contributed by atoms with E-state index < -0.39 is 5.97 Å². The number of esters is 1. The van der Waals surface area contributed by atoms with Crippen LogP contribution in [0.2, 0.25) is 0 Å². The molecule has 4 unspecified atom stereocenters. The molecule has 1 N–H and O–H groups in total. The smallest absolute Gasteiger partial charge is 0.306 e. The normalized spacial score (nSPS) is 37.9. The molecule has 0 aromatic heterocycles. The van der Waals surface area contributed by atoms with E-state index in [4.69, 9.17) is 9.84 Å². The summed E-state index contributed by atoms with van der Waals surface area (Å²) < 4.78 is 5.27. The Kier molecular flexibility index (Phi) is 2.67. The Balaban J connectivity index is 1.99. The summed E-state index contributed by atoms with van der Waals surface area (Å²) in [6.45, 7) is 1.75. The Bertz CT molecular complexity index is 286. The van der Waals surface area contributed by atoms with E-state index in [0.717, 1.165) is 19.3 Å². The van der Waals surface area contributed by atoms with Crippen molar-refractivity contribution in [2.75, 3.05) is 0 Å².